The highest BCUT2D eigenvalue weighted by molar-refractivity contribution is 6.30. The molecule has 0 bridgehead atoms. The number of carbonyl (C=O) groups is 1. The van der Waals surface area contributed by atoms with Crippen LogP contribution in [0.25, 0.3) is 0 Å². The Kier molecular flexibility index (Phi) is 3.57. The van der Waals surface area contributed by atoms with Crippen molar-refractivity contribution in [3.8, 4) is 0 Å². The van der Waals surface area contributed by atoms with Gasteiger partial charge in [-0.25, -0.2) is 5.43 Å². The van der Waals surface area contributed by atoms with Crippen LogP contribution < -0.4 is 5.43 Å². The summed E-state index contributed by atoms with van der Waals surface area (Å²) in [4.78, 5) is 11.4. The number of benzene rings is 1. The molecular formula is C12H13ClN2O. The minimum atomic E-state index is 0.0245. The highest BCUT2D eigenvalue weighted by atomic mass is 35.5. The number of halogens is 1. The maximum absolute atomic E-state index is 11.4. The maximum atomic E-state index is 11.4. The molecule has 16 heavy (non-hydrogen) atoms. The van der Waals surface area contributed by atoms with Gasteiger partial charge in [-0.2, -0.15) is 5.10 Å². The summed E-state index contributed by atoms with van der Waals surface area (Å²) in [5, 5.41) is 4.60. The summed E-state index contributed by atoms with van der Waals surface area (Å²) in [6.07, 6.45) is 4.75. The molecule has 0 saturated heterocycles. The van der Waals surface area contributed by atoms with Crippen molar-refractivity contribution in [3.05, 3.63) is 34.9 Å². The normalized spacial score (nSPS) is 16.1. The molecule has 2 rings (SSSR count). The Morgan fingerprint density at radius 3 is 2.62 bits per heavy atom. The summed E-state index contributed by atoms with van der Waals surface area (Å²) >= 11 is 5.75. The molecule has 4 heteroatoms. The lowest BCUT2D eigenvalue weighted by Gasteiger charge is -2.22. The van der Waals surface area contributed by atoms with E-state index in [9.17, 15) is 4.79 Å². The molecule has 1 N–H and O–H groups in total. The van der Waals surface area contributed by atoms with E-state index in [2.05, 4.69) is 10.5 Å². The van der Waals surface area contributed by atoms with Gasteiger partial charge in [0.05, 0.1) is 6.21 Å². The third-order valence-electron chi connectivity index (χ3n) is 2.73. The van der Waals surface area contributed by atoms with Gasteiger partial charge in [-0.1, -0.05) is 30.2 Å². The molecule has 0 aromatic heterocycles. The minimum Gasteiger partial charge on any atom is -0.273 e. The van der Waals surface area contributed by atoms with Gasteiger partial charge >= 0.3 is 0 Å². The van der Waals surface area contributed by atoms with Gasteiger partial charge in [0.1, 0.15) is 0 Å². The Bertz CT molecular complexity index is 396. The van der Waals surface area contributed by atoms with Crippen LogP contribution >= 0.6 is 11.6 Å². The lowest BCUT2D eigenvalue weighted by Crippen LogP contribution is -2.31. The number of rotatable bonds is 3. The van der Waals surface area contributed by atoms with Crippen molar-refractivity contribution in [2.45, 2.75) is 19.3 Å². The van der Waals surface area contributed by atoms with E-state index < -0.39 is 0 Å². The van der Waals surface area contributed by atoms with Crippen molar-refractivity contribution >= 4 is 23.7 Å². The zero-order valence-electron chi connectivity index (χ0n) is 8.82. The zero-order chi connectivity index (χ0) is 11.4. The second kappa shape index (κ2) is 5.12. The van der Waals surface area contributed by atoms with Gasteiger partial charge in [-0.15, -0.1) is 0 Å². The van der Waals surface area contributed by atoms with Crippen LogP contribution in [0.15, 0.2) is 29.4 Å². The Balaban J connectivity index is 1.84. The third-order valence-corrected chi connectivity index (χ3v) is 2.99. The number of hydrazone groups is 1. The molecule has 0 radical (unpaired) electrons. The van der Waals surface area contributed by atoms with Crippen LogP contribution in [-0.2, 0) is 4.79 Å². The molecular weight excluding hydrogens is 224 g/mol. The number of carbonyl (C=O) groups excluding carboxylic acids is 1. The van der Waals surface area contributed by atoms with E-state index in [0.29, 0.717) is 5.02 Å². The van der Waals surface area contributed by atoms with Gasteiger partial charge in [0.15, 0.2) is 0 Å². The van der Waals surface area contributed by atoms with Gasteiger partial charge in [0.25, 0.3) is 0 Å². The van der Waals surface area contributed by atoms with Gasteiger partial charge in [0.2, 0.25) is 5.91 Å². The van der Waals surface area contributed by atoms with E-state index in [4.69, 9.17) is 11.6 Å². The summed E-state index contributed by atoms with van der Waals surface area (Å²) in [5.74, 6) is 0.193. The Morgan fingerprint density at radius 1 is 1.38 bits per heavy atom. The number of nitrogens with zero attached hydrogens (tertiary/aromatic N) is 1. The second-order valence-corrected chi connectivity index (χ2v) is 4.35. The zero-order valence-corrected chi connectivity index (χ0v) is 9.57. The van der Waals surface area contributed by atoms with Gasteiger partial charge in [-0.05, 0) is 30.5 Å². The first-order chi connectivity index (χ1) is 7.75. The molecule has 1 aliphatic rings. The van der Waals surface area contributed by atoms with Crippen molar-refractivity contribution in [3.63, 3.8) is 0 Å². The molecule has 1 aromatic rings. The van der Waals surface area contributed by atoms with Crippen LogP contribution in [0.1, 0.15) is 24.8 Å². The monoisotopic (exact) mass is 236 g/mol. The Hall–Kier alpha value is -1.35. The van der Waals surface area contributed by atoms with Crippen molar-refractivity contribution in [1.29, 1.82) is 0 Å². The SMILES string of the molecule is O=C(N/N=C/c1ccc(Cl)cc1)C1CCC1. The largest absolute Gasteiger partial charge is 0.273 e. The number of hydrogen-bond donors (Lipinski definition) is 1. The van der Waals surface area contributed by atoms with Gasteiger partial charge in [-0.3, -0.25) is 4.79 Å². The molecule has 84 valence electrons. The van der Waals surface area contributed by atoms with Gasteiger partial charge < -0.3 is 0 Å². The lowest BCUT2D eigenvalue weighted by atomic mass is 9.85. The average Bonchev–Trinajstić information content (AvgIpc) is 2.18. The van der Waals surface area contributed by atoms with Crippen molar-refractivity contribution in [2.75, 3.05) is 0 Å². The maximum Gasteiger partial charge on any atom is 0.243 e. The van der Waals surface area contributed by atoms with Crippen LogP contribution in [0.5, 0.6) is 0 Å². The topological polar surface area (TPSA) is 41.5 Å². The summed E-state index contributed by atoms with van der Waals surface area (Å²) in [6, 6.07) is 7.27. The first kappa shape index (κ1) is 11.1. The van der Waals surface area contributed by atoms with Crippen LogP contribution in [-0.4, -0.2) is 12.1 Å². The van der Waals surface area contributed by atoms with Crippen LogP contribution in [0.4, 0.5) is 0 Å². The average molecular weight is 237 g/mol. The number of amides is 1. The highest BCUT2D eigenvalue weighted by Gasteiger charge is 2.24. The quantitative estimate of drug-likeness (QED) is 0.636. The molecule has 0 unspecified atom stereocenters. The fraction of sp³-hybridized carbons (Fsp3) is 0.333. The van der Waals surface area contributed by atoms with E-state index in [-0.39, 0.29) is 11.8 Å². The first-order valence-corrected chi connectivity index (χ1v) is 5.72. The molecule has 0 heterocycles. The minimum absolute atomic E-state index is 0.0245. The van der Waals surface area contributed by atoms with Gasteiger partial charge in [0, 0.05) is 10.9 Å². The Morgan fingerprint density at radius 2 is 2.06 bits per heavy atom. The number of nitrogens with one attached hydrogen (secondary N) is 1. The van der Waals surface area contributed by atoms with Crippen molar-refractivity contribution in [2.24, 2.45) is 11.0 Å². The molecule has 3 nitrogen and oxygen atoms in total. The molecule has 1 aliphatic carbocycles. The van der Waals surface area contributed by atoms with E-state index in [1.807, 2.05) is 12.1 Å². The van der Waals surface area contributed by atoms with E-state index in [1.54, 1.807) is 18.3 Å². The van der Waals surface area contributed by atoms with Crippen molar-refractivity contribution < 1.29 is 4.79 Å². The fourth-order valence-corrected chi connectivity index (χ4v) is 1.61. The molecule has 0 atom stereocenters. The lowest BCUT2D eigenvalue weighted by molar-refractivity contribution is -0.127. The summed E-state index contributed by atoms with van der Waals surface area (Å²) < 4.78 is 0. The smallest absolute Gasteiger partial charge is 0.243 e. The summed E-state index contributed by atoms with van der Waals surface area (Å²) in [7, 11) is 0. The molecule has 0 spiro atoms. The second-order valence-electron chi connectivity index (χ2n) is 3.91. The number of hydrogen-bond acceptors (Lipinski definition) is 2. The first-order valence-electron chi connectivity index (χ1n) is 5.34. The van der Waals surface area contributed by atoms with Crippen LogP contribution in [0, 0.1) is 5.92 Å². The Labute approximate surface area is 99.5 Å². The molecule has 0 aliphatic heterocycles. The molecule has 1 saturated carbocycles. The third kappa shape index (κ3) is 2.83. The highest BCUT2D eigenvalue weighted by Crippen LogP contribution is 2.26. The van der Waals surface area contributed by atoms with E-state index >= 15 is 0 Å². The standard InChI is InChI=1S/C12H13ClN2O/c13-11-6-4-9(5-7-11)8-14-15-12(16)10-2-1-3-10/h4-8,10H,1-3H2,(H,15,16)/b14-8+. The molecule has 1 aromatic carbocycles. The molecule has 1 amide bonds. The van der Waals surface area contributed by atoms with E-state index in [1.165, 1.54) is 0 Å². The summed E-state index contributed by atoms with van der Waals surface area (Å²) in [5.41, 5.74) is 3.46. The molecule has 1 fully saturated rings. The fourth-order valence-electron chi connectivity index (χ4n) is 1.48. The summed E-state index contributed by atoms with van der Waals surface area (Å²) in [6.45, 7) is 0. The van der Waals surface area contributed by atoms with Crippen molar-refractivity contribution in [1.82, 2.24) is 5.43 Å². The van der Waals surface area contributed by atoms with E-state index in [0.717, 1.165) is 24.8 Å². The predicted octanol–water partition coefficient (Wildman–Crippen LogP) is 2.59. The van der Waals surface area contributed by atoms with Crippen LogP contribution in [0.3, 0.4) is 0 Å². The predicted molar refractivity (Wildman–Crippen MR) is 64.5 cm³/mol. The van der Waals surface area contributed by atoms with Crippen LogP contribution in [0.2, 0.25) is 5.02 Å².